The van der Waals surface area contributed by atoms with Gasteiger partial charge in [0, 0.05) is 12.5 Å². The Hall–Kier alpha value is -2.19. The summed E-state index contributed by atoms with van der Waals surface area (Å²) < 4.78 is 29.1. The van der Waals surface area contributed by atoms with Crippen molar-refractivity contribution in [2.45, 2.75) is 18.6 Å². The van der Waals surface area contributed by atoms with E-state index in [-0.39, 0.29) is 25.9 Å². The van der Waals surface area contributed by atoms with Crippen molar-refractivity contribution in [3.8, 4) is 5.75 Å². The van der Waals surface area contributed by atoms with E-state index in [1.165, 1.54) is 12.1 Å². The minimum Gasteiger partial charge on any atom is -0.488 e. The van der Waals surface area contributed by atoms with Crippen molar-refractivity contribution in [1.29, 1.82) is 0 Å². The quantitative estimate of drug-likeness (QED) is 0.733. The molecule has 0 bridgehead atoms. The molecular formula is C15H19FN2O5. The van der Waals surface area contributed by atoms with Gasteiger partial charge in [-0.2, -0.15) is 0 Å². The molecule has 8 heteroatoms. The van der Waals surface area contributed by atoms with Crippen LogP contribution in [0.15, 0.2) is 24.3 Å². The Morgan fingerprint density at radius 2 is 2.22 bits per heavy atom. The normalized spacial score (nSPS) is 20.7. The van der Waals surface area contributed by atoms with E-state index in [4.69, 9.17) is 19.9 Å². The fourth-order valence-electron chi connectivity index (χ4n) is 2.20. The predicted octanol–water partition coefficient (Wildman–Crippen LogP) is -0.0199. The zero-order valence-electron chi connectivity index (χ0n) is 12.5. The topological polar surface area (TPSA) is 99.9 Å². The molecule has 0 radical (unpaired) electrons. The molecule has 0 aliphatic carbocycles. The number of amides is 2. The summed E-state index contributed by atoms with van der Waals surface area (Å²) in [7, 11) is 0. The summed E-state index contributed by atoms with van der Waals surface area (Å²) in [6.45, 7) is 0.163. The molecule has 0 saturated carbocycles. The Morgan fingerprint density at radius 1 is 1.39 bits per heavy atom. The van der Waals surface area contributed by atoms with Crippen LogP contribution >= 0.6 is 0 Å². The molecule has 1 aliphatic heterocycles. The van der Waals surface area contributed by atoms with Crippen LogP contribution < -0.4 is 15.8 Å². The van der Waals surface area contributed by atoms with E-state index in [0.29, 0.717) is 18.8 Å². The van der Waals surface area contributed by atoms with Crippen molar-refractivity contribution in [2.75, 3.05) is 26.4 Å². The number of primary amides is 1. The first-order chi connectivity index (χ1) is 11.0. The van der Waals surface area contributed by atoms with E-state index >= 15 is 0 Å². The monoisotopic (exact) mass is 326 g/mol. The molecule has 23 heavy (non-hydrogen) atoms. The molecule has 1 aromatic carbocycles. The average Bonchev–Trinajstić information content (AvgIpc) is 2.49. The number of hydrogen-bond donors (Lipinski definition) is 2. The molecule has 2 rings (SSSR count). The maximum atomic E-state index is 13.2. The molecule has 1 heterocycles. The Labute approximate surface area is 132 Å². The third-order valence-corrected chi connectivity index (χ3v) is 3.20. The Bertz CT molecular complexity index is 554. The van der Waals surface area contributed by atoms with Gasteiger partial charge in [0.2, 0.25) is 11.8 Å². The fourth-order valence-corrected chi connectivity index (χ4v) is 2.20. The van der Waals surface area contributed by atoms with Crippen molar-refractivity contribution < 1.29 is 28.2 Å². The Morgan fingerprint density at radius 3 is 2.96 bits per heavy atom. The number of ether oxygens (including phenoxy) is 3. The fraction of sp³-hybridized carbons (Fsp3) is 0.467. The lowest BCUT2D eigenvalue weighted by Gasteiger charge is -2.32. The molecule has 0 spiro atoms. The Balaban J connectivity index is 1.87. The number of halogens is 1. The van der Waals surface area contributed by atoms with Gasteiger partial charge in [-0.3, -0.25) is 9.59 Å². The van der Waals surface area contributed by atoms with Gasteiger partial charge < -0.3 is 25.3 Å². The first kappa shape index (κ1) is 17.2. The smallest absolute Gasteiger partial charge is 0.246 e. The predicted molar refractivity (Wildman–Crippen MR) is 78.2 cm³/mol. The highest BCUT2D eigenvalue weighted by atomic mass is 19.1. The highest BCUT2D eigenvalue weighted by Crippen LogP contribution is 2.19. The van der Waals surface area contributed by atoms with Crippen molar-refractivity contribution in [3.05, 3.63) is 30.1 Å². The Kier molecular flexibility index (Phi) is 6.30. The SMILES string of the molecule is NC(=O)COCC(=O)N[C@@H]1COCC[C@@H]1Oc1cccc(F)c1. The summed E-state index contributed by atoms with van der Waals surface area (Å²) in [4.78, 5) is 22.3. The molecule has 1 saturated heterocycles. The van der Waals surface area contributed by atoms with Crippen LogP contribution in [0.1, 0.15) is 6.42 Å². The lowest BCUT2D eigenvalue weighted by atomic mass is 10.1. The van der Waals surface area contributed by atoms with E-state index in [9.17, 15) is 14.0 Å². The summed E-state index contributed by atoms with van der Waals surface area (Å²) in [5, 5.41) is 2.72. The van der Waals surface area contributed by atoms with Gasteiger partial charge in [-0.05, 0) is 12.1 Å². The van der Waals surface area contributed by atoms with E-state index < -0.39 is 23.7 Å². The molecule has 1 aliphatic rings. The molecule has 2 atom stereocenters. The van der Waals surface area contributed by atoms with Gasteiger partial charge in [-0.15, -0.1) is 0 Å². The van der Waals surface area contributed by atoms with Gasteiger partial charge in [0.1, 0.15) is 30.9 Å². The van der Waals surface area contributed by atoms with Gasteiger partial charge in [0.15, 0.2) is 0 Å². The first-order valence-corrected chi connectivity index (χ1v) is 7.20. The lowest BCUT2D eigenvalue weighted by molar-refractivity contribution is -0.131. The van der Waals surface area contributed by atoms with E-state index in [1.54, 1.807) is 12.1 Å². The third-order valence-electron chi connectivity index (χ3n) is 3.20. The number of nitrogens with one attached hydrogen (secondary N) is 1. The van der Waals surface area contributed by atoms with Crippen LogP contribution in [0.2, 0.25) is 0 Å². The van der Waals surface area contributed by atoms with Gasteiger partial charge in [0.25, 0.3) is 0 Å². The number of carbonyl (C=O) groups is 2. The molecule has 7 nitrogen and oxygen atoms in total. The molecule has 126 valence electrons. The van der Waals surface area contributed by atoms with Crippen molar-refractivity contribution in [1.82, 2.24) is 5.32 Å². The maximum absolute atomic E-state index is 13.2. The van der Waals surface area contributed by atoms with Crippen molar-refractivity contribution in [3.63, 3.8) is 0 Å². The van der Waals surface area contributed by atoms with Gasteiger partial charge in [-0.25, -0.2) is 4.39 Å². The standard InChI is InChI=1S/C15H19FN2O5/c16-10-2-1-3-11(6-10)23-13-4-5-21-7-12(13)18-15(20)9-22-8-14(17)19/h1-3,6,12-13H,4-5,7-9H2,(H2,17,19)(H,18,20)/t12-,13+/m1/s1. The summed E-state index contributed by atoms with van der Waals surface area (Å²) in [6.07, 6.45) is 0.217. The second-order valence-electron chi connectivity index (χ2n) is 5.11. The van der Waals surface area contributed by atoms with Crippen LogP contribution in [0.4, 0.5) is 4.39 Å². The largest absolute Gasteiger partial charge is 0.488 e. The first-order valence-electron chi connectivity index (χ1n) is 7.20. The molecule has 1 fully saturated rings. The second-order valence-corrected chi connectivity index (χ2v) is 5.11. The number of carbonyl (C=O) groups excluding carboxylic acids is 2. The summed E-state index contributed by atoms with van der Waals surface area (Å²) in [5.74, 6) is -1.06. The average molecular weight is 326 g/mol. The van der Waals surface area contributed by atoms with E-state index in [0.717, 1.165) is 0 Å². The zero-order chi connectivity index (χ0) is 16.7. The van der Waals surface area contributed by atoms with Crippen LogP contribution in [0.3, 0.4) is 0 Å². The molecule has 0 unspecified atom stereocenters. The molecule has 1 aromatic rings. The number of hydrogen-bond acceptors (Lipinski definition) is 5. The van der Waals surface area contributed by atoms with Gasteiger partial charge in [-0.1, -0.05) is 6.07 Å². The maximum Gasteiger partial charge on any atom is 0.246 e. The molecular weight excluding hydrogens is 307 g/mol. The molecule has 0 aromatic heterocycles. The van der Waals surface area contributed by atoms with Crippen molar-refractivity contribution in [2.24, 2.45) is 5.73 Å². The van der Waals surface area contributed by atoms with Crippen LogP contribution in [-0.4, -0.2) is 50.4 Å². The van der Waals surface area contributed by atoms with Crippen LogP contribution in [0, 0.1) is 5.82 Å². The van der Waals surface area contributed by atoms with Gasteiger partial charge >= 0.3 is 0 Å². The third kappa shape index (κ3) is 5.84. The number of rotatable bonds is 7. The lowest BCUT2D eigenvalue weighted by Crippen LogP contribution is -2.52. The summed E-state index contributed by atoms with van der Waals surface area (Å²) in [5.41, 5.74) is 4.92. The number of benzene rings is 1. The second kappa shape index (κ2) is 8.44. The van der Waals surface area contributed by atoms with E-state index in [2.05, 4.69) is 5.32 Å². The minimum absolute atomic E-state index is 0.279. The van der Waals surface area contributed by atoms with E-state index in [1.807, 2.05) is 0 Å². The molecule has 3 N–H and O–H groups in total. The van der Waals surface area contributed by atoms with Crippen LogP contribution in [-0.2, 0) is 19.1 Å². The summed E-state index contributed by atoms with van der Waals surface area (Å²) in [6, 6.07) is 5.41. The van der Waals surface area contributed by atoms with Crippen LogP contribution in [0.25, 0.3) is 0 Å². The molecule has 2 amide bonds. The zero-order valence-corrected chi connectivity index (χ0v) is 12.5. The highest BCUT2D eigenvalue weighted by molar-refractivity contribution is 5.79. The van der Waals surface area contributed by atoms with Crippen molar-refractivity contribution >= 4 is 11.8 Å². The highest BCUT2D eigenvalue weighted by Gasteiger charge is 2.29. The minimum atomic E-state index is -0.647. The number of nitrogens with two attached hydrogens (primary N) is 1. The van der Waals surface area contributed by atoms with Gasteiger partial charge in [0.05, 0.1) is 19.3 Å². The summed E-state index contributed by atoms with van der Waals surface area (Å²) >= 11 is 0. The van der Waals surface area contributed by atoms with Crippen LogP contribution in [0.5, 0.6) is 5.75 Å².